The molecule has 5 nitrogen and oxygen atoms in total. The second kappa shape index (κ2) is 5.99. The minimum absolute atomic E-state index is 0.164. The van der Waals surface area contributed by atoms with E-state index in [9.17, 15) is 9.90 Å². The van der Waals surface area contributed by atoms with Gasteiger partial charge in [0.1, 0.15) is 5.75 Å². The lowest BCUT2D eigenvalue weighted by Gasteiger charge is -2.13. The first kappa shape index (κ1) is 14.3. The van der Waals surface area contributed by atoms with E-state index in [1.807, 2.05) is 30.3 Å². The van der Waals surface area contributed by atoms with E-state index in [2.05, 4.69) is 4.98 Å². The molecule has 0 aliphatic rings. The van der Waals surface area contributed by atoms with Gasteiger partial charge in [-0.2, -0.15) is 0 Å². The molecule has 0 radical (unpaired) electrons. The van der Waals surface area contributed by atoms with Crippen molar-refractivity contribution < 1.29 is 9.84 Å². The monoisotopic (exact) mass is 296 g/mol. The fourth-order valence-electron chi connectivity index (χ4n) is 2.36. The Balaban J connectivity index is 1.95. The Morgan fingerprint density at radius 1 is 1.23 bits per heavy atom. The predicted molar refractivity (Wildman–Crippen MR) is 84.0 cm³/mol. The highest BCUT2D eigenvalue weighted by molar-refractivity contribution is 5.78. The lowest BCUT2D eigenvalue weighted by Crippen LogP contribution is -2.23. The summed E-state index contributed by atoms with van der Waals surface area (Å²) in [6, 6.07) is 14.4. The number of benzene rings is 2. The normalized spacial score (nSPS) is 12.3. The summed E-state index contributed by atoms with van der Waals surface area (Å²) in [4.78, 5) is 16.7. The van der Waals surface area contributed by atoms with Gasteiger partial charge in [-0.15, -0.1) is 0 Å². The zero-order valence-electron chi connectivity index (χ0n) is 12.1. The van der Waals surface area contributed by atoms with Crippen LogP contribution in [0.4, 0.5) is 0 Å². The zero-order chi connectivity index (χ0) is 15.5. The van der Waals surface area contributed by atoms with Crippen molar-refractivity contribution in [2.24, 2.45) is 0 Å². The third-order valence-corrected chi connectivity index (χ3v) is 3.59. The lowest BCUT2D eigenvalue weighted by molar-refractivity contribution is 0.155. The molecule has 0 amide bonds. The Bertz CT molecular complexity index is 843. The molecule has 0 bridgehead atoms. The number of hydrogen-bond acceptors (Lipinski definition) is 4. The molecule has 3 rings (SSSR count). The van der Waals surface area contributed by atoms with Crippen LogP contribution in [0.1, 0.15) is 11.7 Å². The number of fused-ring (bicyclic) bond motifs is 1. The van der Waals surface area contributed by atoms with Crippen LogP contribution in [0, 0.1) is 0 Å². The quantitative estimate of drug-likeness (QED) is 0.801. The third-order valence-electron chi connectivity index (χ3n) is 3.59. The van der Waals surface area contributed by atoms with E-state index in [-0.39, 0.29) is 12.1 Å². The predicted octanol–water partition coefficient (Wildman–Crippen LogP) is 2.14. The molecule has 0 fully saturated rings. The van der Waals surface area contributed by atoms with Crippen molar-refractivity contribution in [3.63, 3.8) is 0 Å². The molecule has 0 saturated carbocycles. The first-order chi connectivity index (χ1) is 10.7. The standard InChI is InChI=1S/C17H16N2O3/c1-22-13-7-8-14-15(9-13)18-11-19(17(14)21)10-16(20)12-5-3-2-4-6-12/h2-9,11,16,20H,10H2,1H3. The fourth-order valence-corrected chi connectivity index (χ4v) is 2.36. The maximum Gasteiger partial charge on any atom is 0.261 e. The summed E-state index contributed by atoms with van der Waals surface area (Å²) < 4.78 is 6.55. The SMILES string of the molecule is COc1ccc2c(=O)n(CC(O)c3ccccc3)cnc2c1. The Kier molecular flexibility index (Phi) is 3.89. The van der Waals surface area contributed by atoms with Crippen molar-refractivity contribution in [3.8, 4) is 5.75 Å². The van der Waals surface area contributed by atoms with Gasteiger partial charge in [-0.25, -0.2) is 4.98 Å². The van der Waals surface area contributed by atoms with Crippen LogP contribution in [0.2, 0.25) is 0 Å². The molecule has 0 spiro atoms. The van der Waals surface area contributed by atoms with Crippen LogP contribution in [0.3, 0.4) is 0 Å². The molecular weight excluding hydrogens is 280 g/mol. The molecule has 1 N–H and O–H groups in total. The highest BCUT2D eigenvalue weighted by atomic mass is 16.5. The lowest BCUT2D eigenvalue weighted by atomic mass is 10.1. The average molecular weight is 296 g/mol. The number of nitrogens with zero attached hydrogens (tertiary/aromatic N) is 2. The second-order valence-corrected chi connectivity index (χ2v) is 5.01. The van der Waals surface area contributed by atoms with E-state index in [0.29, 0.717) is 16.7 Å². The number of ether oxygens (including phenoxy) is 1. The highest BCUT2D eigenvalue weighted by Crippen LogP contribution is 2.17. The molecule has 112 valence electrons. The molecule has 1 unspecified atom stereocenters. The molecule has 3 aromatic rings. The Labute approximate surface area is 127 Å². The largest absolute Gasteiger partial charge is 0.497 e. The molecule has 1 heterocycles. The summed E-state index contributed by atoms with van der Waals surface area (Å²) >= 11 is 0. The number of aromatic nitrogens is 2. The van der Waals surface area contributed by atoms with Gasteiger partial charge in [0, 0.05) is 6.07 Å². The van der Waals surface area contributed by atoms with Gasteiger partial charge in [0.2, 0.25) is 0 Å². The highest BCUT2D eigenvalue weighted by Gasteiger charge is 2.11. The average Bonchev–Trinajstić information content (AvgIpc) is 2.57. The van der Waals surface area contributed by atoms with Crippen molar-refractivity contribution in [1.29, 1.82) is 0 Å². The molecule has 0 aliphatic carbocycles. The van der Waals surface area contributed by atoms with Gasteiger partial charge in [-0.1, -0.05) is 30.3 Å². The van der Waals surface area contributed by atoms with Crippen LogP contribution in [0.15, 0.2) is 59.7 Å². The fraction of sp³-hybridized carbons (Fsp3) is 0.176. The van der Waals surface area contributed by atoms with Crippen LogP contribution < -0.4 is 10.3 Å². The van der Waals surface area contributed by atoms with E-state index >= 15 is 0 Å². The number of aliphatic hydroxyl groups excluding tert-OH is 1. The zero-order valence-corrected chi connectivity index (χ0v) is 12.1. The van der Waals surface area contributed by atoms with Crippen LogP contribution >= 0.6 is 0 Å². The molecule has 1 aromatic heterocycles. The van der Waals surface area contributed by atoms with Crippen LogP contribution in [0.5, 0.6) is 5.75 Å². The topological polar surface area (TPSA) is 64.3 Å². The van der Waals surface area contributed by atoms with Gasteiger partial charge >= 0.3 is 0 Å². The minimum Gasteiger partial charge on any atom is -0.497 e. The van der Waals surface area contributed by atoms with Crippen molar-refractivity contribution in [3.05, 3.63) is 70.8 Å². The molecule has 22 heavy (non-hydrogen) atoms. The third kappa shape index (κ3) is 2.71. The smallest absolute Gasteiger partial charge is 0.261 e. The maximum absolute atomic E-state index is 12.5. The van der Waals surface area contributed by atoms with Gasteiger partial charge < -0.3 is 9.84 Å². The van der Waals surface area contributed by atoms with Gasteiger partial charge in [0.15, 0.2) is 0 Å². The number of aliphatic hydroxyl groups is 1. The van der Waals surface area contributed by atoms with E-state index < -0.39 is 6.10 Å². The number of hydrogen-bond donors (Lipinski definition) is 1. The summed E-state index contributed by atoms with van der Waals surface area (Å²) in [5.41, 5.74) is 1.17. The summed E-state index contributed by atoms with van der Waals surface area (Å²) in [5, 5.41) is 10.7. The van der Waals surface area contributed by atoms with Crippen molar-refractivity contribution in [1.82, 2.24) is 9.55 Å². The molecule has 0 saturated heterocycles. The summed E-state index contributed by atoms with van der Waals surface area (Å²) in [6.07, 6.45) is 0.701. The summed E-state index contributed by atoms with van der Waals surface area (Å²) in [6.45, 7) is 0.164. The molecular formula is C17H16N2O3. The Morgan fingerprint density at radius 3 is 2.73 bits per heavy atom. The number of methoxy groups -OCH3 is 1. The molecule has 2 aromatic carbocycles. The summed E-state index contributed by atoms with van der Waals surface area (Å²) in [7, 11) is 1.57. The van der Waals surface area contributed by atoms with Crippen molar-refractivity contribution >= 4 is 10.9 Å². The van der Waals surface area contributed by atoms with Gasteiger partial charge in [-0.05, 0) is 17.7 Å². The second-order valence-electron chi connectivity index (χ2n) is 5.01. The van der Waals surface area contributed by atoms with Crippen LogP contribution in [0.25, 0.3) is 10.9 Å². The van der Waals surface area contributed by atoms with E-state index in [0.717, 1.165) is 5.56 Å². The van der Waals surface area contributed by atoms with Crippen molar-refractivity contribution in [2.45, 2.75) is 12.6 Å². The maximum atomic E-state index is 12.5. The van der Waals surface area contributed by atoms with E-state index in [1.54, 1.807) is 25.3 Å². The Hall–Kier alpha value is -2.66. The van der Waals surface area contributed by atoms with Gasteiger partial charge in [0.05, 0.1) is 37.0 Å². The first-order valence-corrected chi connectivity index (χ1v) is 6.95. The minimum atomic E-state index is -0.753. The Morgan fingerprint density at radius 2 is 2.00 bits per heavy atom. The summed E-state index contributed by atoms with van der Waals surface area (Å²) in [5.74, 6) is 0.654. The van der Waals surface area contributed by atoms with E-state index in [4.69, 9.17) is 4.74 Å². The molecule has 0 aliphatic heterocycles. The first-order valence-electron chi connectivity index (χ1n) is 6.95. The van der Waals surface area contributed by atoms with Crippen LogP contribution in [-0.2, 0) is 6.54 Å². The van der Waals surface area contributed by atoms with E-state index in [1.165, 1.54) is 10.9 Å². The van der Waals surface area contributed by atoms with Gasteiger partial charge in [-0.3, -0.25) is 9.36 Å². The van der Waals surface area contributed by atoms with Crippen LogP contribution in [-0.4, -0.2) is 21.8 Å². The molecule has 5 heteroatoms. The van der Waals surface area contributed by atoms with Crippen molar-refractivity contribution in [2.75, 3.05) is 7.11 Å². The number of rotatable bonds is 4. The van der Waals surface area contributed by atoms with Gasteiger partial charge in [0.25, 0.3) is 5.56 Å². The molecule has 1 atom stereocenters.